The van der Waals surface area contributed by atoms with Gasteiger partial charge in [-0.15, -0.1) is 0 Å². The first-order valence-electron chi connectivity index (χ1n) is 9.60. The van der Waals surface area contributed by atoms with Crippen molar-refractivity contribution in [3.63, 3.8) is 0 Å². The summed E-state index contributed by atoms with van der Waals surface area (Å²) in [6, 6.07) is 17.2. The molecule has 28 heavy (non-hydrogen) atoms. The minimum absolute atomic E-state index is 0.0236. The number of benzene rings is 2. The van der Waals surface area contributed by atoms with E-state index in [0.717, 1.165) is 23.3 Å². The predicted octanol–water partition coefficient (Wildman–Crippen LogP) is 3.51. The standard InChI is InChI=1S/C22H22ClN3O2/c23-18-11-9-17(10-12-18)22-19(25-14-4-7-20(25)27)15-26(24-22)21(28)13-8-16-5-2-1-3-6-16/h1-3,5-6,9-12,19H,4,7-8,13-15H2. The normalized spacial score (nSPS) is 19.2. The smallest absolute Gasteiger partial charge is 0.243 e. The first kappa shape index (κ1) is 18.7. The molecule has 144 valence electrons. The molecule has 2 aliphatic heterocycles. The molecule has 0 radical (unpaired) electrons. The third-order valence-electron chi connectivity index (χ3n) is 5.27. The molecular formula is C22H22ClN3O2. The Bertz CT molecular complexity index is 896. The highest BCUT2D eigenvalue weighted by atomic mass is 35.5. The number of amides is 2. The fourth-order valence-electron chi connectivity index (χ4n) is 3.79. The zero-order chi connectivity index (χ0) is 19.5. The second kappa shape index (κ2) is 8.15. The number of likely N-dealkylation sites (tertiary alicyclic amines) is 1. The van der Waals surface area contributed by atoms with E-state index in [-0.39, 0.29) is 17.9 Å². The minimum Gasteiger partial charge on any atom is -0.332 e. The average molecular weight is 396 g/mol. The molecule has 1 unspecified atom stereocenters. The molecule has 0 aliphatic carbocycles. The van der Waals surface area contributed by atoms with Gasteiger partial charge in [0.25, 0.3) is 0 Å². The summed E-state index contributed by atoms with van der Waals surface area (Å²) in [5, 5.41) is 6.80. The largest absolute Gasteiger partial charge is 0.332 e. The average Bonchev–Trinajstić information content (AvgIpc) is 3.33. The summed E-state index contributed by atoms with van der Waals surface area (Å²) >= 11 is 6.01. The van der Waals surface area contributed by atoms with Gasteiger partial charge in [-0.05, 0) is 30.5 Å². The zero-order valence-corrected chi connectivity index (χ0v) is 16.3. The predicted molar refractivity (Wildman–Crippen MR) is 109 cm³/mol. The van der Waals surface area contributed by atoms with Crippen molar-refractivity contribution in [2.24, 2.45) is 5.10 Å². The zero-order valence-electron chi connectivity index (χ0n) is 15.6. The summed E-state index contributed by atoms with van der Waals surface area (Å²) in [4.78, 5) is 27.0. The van der Waals surface area contributed by atoms with Gasteiger partial charge in [-0.3, -0.25) is 9.59 Å². The Hall–Kier alpha value is -2.66. The molecule has 2 aromatic carbocycles. The minimum atomic E-state index is -0.197. The van der Waals surface area contributed by atoms with Crippen LogP contribution in [0.15, 0.2) is 59.7 Å². The summed E-state index contributed by atoms with van der Waals surface area (Å²) in [6.07, 6.45) is 2.48. The Morgan fingerprint density at radius 1 is 1.11 bits per heavy atom. The molecule has 0 bridgehead atoms. The number of carbonyl (C=O) groups excluding carboxylic acids is 2. The third-order valence-corrected chi connectivity index (χ3v) is 5.53. The van der Waals surface area contributed by atoms with Crippen molar-refractivity contribution in [3.8, 4) is 0 Å². The Morgan fingerprint density at radius 2 is 1.86 bits per heavy atom. The molecule has 4 rings (SSSR count). The maximum atomic E-state index is 12.8. The van der Waals surface area contributed by atoms with Gasteiger partial charge in [0.2, 0.25) is 11.8 Å². The van der Waals surface area contributed by atoms with E-state index in [2.05, 4.69) is 5.10 Å². The van der Waals surface area contributed by atoms with Crippen LogP contribution in [-0.2, 0) is 16.0 Å². The van der Waals surface area contributed by atoms with E-state index in [0.29, 0.717) is 37.4 Å². The molecule has 0 aromatic heterocycles. The second-order valence-electron chi connectivity index (χ2n) is 7.16. The van der Waals surface area contributed by atoms with E-state index < -0.39 is 0 Å². The van der Waals surface area contributed by atoms with Crippen molar-refractivity contribution in [1.82, 2.24) is 9.91 Å². The highest BCUT2D eigenvalue weighted by Crippen LogP contribution is 2.25. The summed E-state index contributed by atoms with van der Waals surface area (Å²) < 4.78 is 0. The molecule has 0 spiro atoms. The lowest BCUT2D eigenvalue weighted by atomic mass is 10.0. The van der Waals surface area contributed by atoms with Crippen molar-refractivity contribution in [2.45, 2.75) is 31.7 Å². The molecule has 2 aromatic rings. The summed E-state index contributed by atoms with van der Waals surface area (Å²) in [5.74, 6) is 0.106. The lowest BCUT2D eigenvalue weighted by molar-refractivity contribution is -0.133. The van der Waals surface area contributed by atoms with Crippen molar-refractivity contribution >= 4 is 29.1 Å². The molecule has 2 heterocycles. The summed E-state index contributed by atoms with van der Waals surface area (Å²) in [6.45, 7) is 1.12. The number of halogens is 1. The summed E-state index contributed by atoms with van der Waals surface area (Å²) in [7, 11) is 0. The van der Waals surface area contributed by atoms with Gasteiger partial charge < -0.3 is 4.90 Å². The van der Waals surface area contributed by atoms with Crippen LogP contribution in [0.4, 0.5) is 0 Å². The van der Waals surface area contributed by atoms with Gasteiger partial charge in [0, 0.05) is 30.0 Å². The van der Waals surface area contributed by atoms with Gasteiger partial charge in [0.05, 0.1) is 18.3 Å². The molecule has 0 N–H and O–H groups in total. The fraction of sp³-hybridized carbons (Fsp3) is 0.318. The molecule has 2 amide bonds. The number of hydrazone groups is 1. The molecule has 6 heteroatoms. The number of nitrogens with zero attached hydrogens (tertiary/aromatic N) is 3. The molecule has 1 saturated heterocycles. The van der Waals surface area contributed by atoms with Crippen molar-refractivity contribution < 1.29 is 9.59 Å². The monoisotopic (exact) mass is 395 g/mol. The summed E-state index contributed by atoms with van der Waals surface area (Å²) in [5.41, 5.74) is 2.79. The van der Waals surface area contributed by atoms with Crippen LogP contribution in [-0.4, -0.2) is 46.6 Å². The van der Waals surface area contributed by atoms with Gasteiger partial charge in [0.15, 0.2) is 0 Å². The number of aryl methyl sites for hydroxylation is 1. The van der Waals surface area contributed by atoms with E-state index in [1.54, 1.807) is 0 Å². The molecule has 2 aliphatic rings. The van der Waals surface area contributed by atoms with Crippen LogP contribution in [0.5, 0.6) is 0 Å². The van der Waals surface area contributed by atoms with Crippen LogP contribution in [0.2, 0.25) is 5.02 Å². The van der Waals surface area contributed by atoms with Crippen LogP contribution < -0.4 is 0 Å². The Morgan fingerprint density at radius 3 is 2.54 bits per heavy atom. The van der Waals surface area contributed by atoms with Crippen LogP contribution in [0, 0.1) is 0 Å². The molecule has 1 fully saturated rings. The van der Waals surface area contributed by atoms with E-state index in [1.807, 2.05) is 59.5 Å². The lowest BCUT2D eigenvalue weighted by Crippen LogP contribution is -2.44. The van der Waals surface area contributed by atoms with Crippen LogP contribution in [0.1, 0.15) is 30.4 Å². The maximum absolute atomic E-state index is 12.8. The van der Waals surface area contributed by atoms with E-state index in [9.17, 15) is 9.59 Å². The van der Waals surface area contributed by atoms with Crippen molar-refractivity contribution in [3.05, 3.63) is 70.7 Å². The van der Waals surface area contributed by atoms with E-state index in [1.165, 1.54) is 5.01 Å². The number of hydrogen-bond donors (Lipinski definition) is 0. The third kappa shape index (κ3) is 3.94. The van der Waals surface area contributed by atoms with Gasteiger partial charge in [-0.2, -0.15) is 5.10 Å². The lowest BCUT2D eigenvalue weighted by Gasteiger charge is -2.25. The highest BCUT2D eigenvalue weighted by Gasteiger charge is 2.38. The van der Waals surface area contributed by atoms with Gasteiger partial charge in [0.1, 0.15) is 0 Å². The topological polar surface area (TPSA) is 53.0 Å². The highest BCUT2D eigenvalue weighted by molar-refractivity contribution is 6.30. The first-order valence-corrected chi connectivity index (χ1v) is 9.98. The fourth-order valence-corrected chi connectivity index (χ4v) is 3.91. The maximum Gasteiger partial charge on any atom is 0.243 e. The quantitative estimate of drug-likeness (QED) is 0.777. The number of carbonyl (C=O) groups is 2. The molecule has 1 atom stereocenters. The molecular weight excluding hydrogens is 374 g/mol. The SMILES string of the molecule is O=C(CCc1ccccc1)N1CC(N2CCCC2=O)C(c2ccc(Cl)cc2)=N1. The number of rotatable bonds is 5. The van der Waals surface area contributed by atoms with Gasteiger partial charge in [-0.1, -0.05) is 54.1 Å². The molecule has 5 nitrogen and oxygen atoms in total. The van der Waals surface area contributed by atoms with Crippen LogP contribution in [0.25, 0.3) is 0 Å². The Labute approximate surface area is 169 Å². The molecule has 0 saturated carbocycles. The van der Waals surface area contributed by atoms with Crippen molar-refractivity contribution in [2.75, 3.05) is 13.1 Å². The Balaban J connectivity index is 1.54. The van der Waals surface area contributed by atoms with Crippen LogP contribution >= 0.6 is 11.6 Å². The van der Waals surface area contributed by atoms with E-state index >= 15 is 0 Å². The first-order chi connectivity index (χ1) is 13.6. The second-order valence-corrected chi connectivity index (χ2v) is 7.60. The number of hydrogen-bond acceptors (Lipinski definition) is 3. The van der Waals surface area contributed by atoms with Crippen molar-refractivity contribution in [1.29, 1.82) is 0 Å². The van der Waals surface area contributed by atoms with Gasteiger partial charge >= 0.3 is 0 Å². The van der Waals surface area contributed by atoms with E-state index in [4.69, 9.17) is 11.6 Å². The Kier molecular flexibility index (Phi) is 5.44. The van der Waals surface area contributed by atoms with Gasteiger partial charge in [-0.25, -0.2) is 5.01 Å². The van der Waals surface area contributed by atoms with Crippen LogP contribution in [0.3, 0.4) is 0 Å².